The molecule has 16 heteroatoms. The molecule has 246 valence electrons. The van der Waals surface area contributed by atoms with E-state index in [2.05, 4.69) is 4.74 Å². The van der Waals surface area contributed by atoms with E-state index in [0.717, 1.165) is 4.90 Å². The van der Waals surface area contributed by atoms with Crippen LogP contribution in [-0.4, -0.2) is 85.2 Å². The third kappa shape index (κ3) is 8.19. The highest BCUT2D eigenvalue weighted by molar-refractivity contribution is 6.07. The molecule has 2 aromatic rings. The molecular weight excluding hydrogens is 610 g/mol. The lowest BCUT2D eigenvalue weighted by Crippen LogP contribution is -2.35. The zero-order valence-electron chi connectivity index (χ0n) is 25.5. The van der Waals surface area contributed by atoms with Gasteiger partial charge in [0.1, 0.15) is 18.1 Å². The van der Waals surface area contributed by atoms with Crippen molar-refractivity contribution in [3.05, 3.63) is 46.3 Å². The van der Waals surface area contributed by atoms with Crippen LogP contribution in [0.2, 0.25) is 0 Å². The quantitative estimate of drug-likeness (QED) is 0.217. The van der Waals surface area contributed by atoms with Crippen molar-refractivity contribution in [2.24, 2.45) is 0 Å². The molecule has 0 aromatic heterocycles. The maximum atomic E-state index is 15.1. The van der Waals surface area contributed by atoms with Crippen LogP contribution in [0.5, 0.6) is 17.2 Å². The summed E-state index contributed by atoms with van der Waals surface area (Å²) >= 11 is 0. The van der Waals surface area contributed by atoms with Gasteiger partial charge in [-0.1, -0.05) is 20.8 Å². The molecule has 1 aliphatic heterocycles. The standard InChI is InChI=1S/C27H32FN3O7.C2HF3O2/c1-14(32)31(13-21(34)37-6)18-9-15(8-17(24(18)35)27(2,3)4)19(33)12-30-11-16-10-20(36-5)25(38-7)23(28)22(16)26(30)29;3-2(4,5)1(6)7/h8-10,29,35H,11-13H2,1-7H3;(H,6,7). The number of aromatic hydroxyl groups is 1. The van der Waals surface area contributed by atoms with Gasteiger partial charge in [0.05, 0.1) is 39.1 Å². The summed E-state index contributed by atoms with van der Waals surface area (Å²) in [6, 6.07) is 4.43. The number of fused-ring (bicyclic) bond motifs is 1. The number of carboxylic acid groups (broad SMARTS) is 1. The van der Waals surface area contributed by atoms with Crippen LogP contribution in [0.3, 0.4) is 0 Å². The molecule has 0 atom stereocenters. The number of benzene rings is 2. The first-order valence-corrected chi connectivity index (χ1v) is 13.0. The Hall–Kier alpha value is -4.89. The third-order valence-corrected chi connectivity index (χ3v) is 6.59. The topological polar surface area (TPSA) is 167 Å². The first kappa shape index (κ1) is 36.3. The van der Waals surface area contributed by atoms with Crippen LogP contribution in [0.4, 0.5) is 23.2 Å². The monoisotopic (exact) mass is 643 g/mol. The van der Waals surface area contributed by atoms with Gasteiger partial charge in [0.25, 0.3) is 0 Å². The first-order chi connectivity index (χ1) is 20.7. The lowest BCUT2D eigenvalue weighted by molar-refractivity contribution is -0.192. The van der Waals surface area contributed by atoms with Crippen LogP contribution in [0.25, 0.3) is 0 Å². The molecule has 0 radical (unpaired) electrons. The van der Waals surface area contributed by atoms with E-state index in [9.17, 15) is 32.7 Å². The van der Waals surface area contributed by atoms with Crippen LogP contribution in [0.15, 0.2) is 18.2 Å². The van der Waals surface area contributed by atoms with Gasteiger partial charge < -0.3 is 29.3 Å². The number of esters is 1. The minimum Gasteiger partial charge on any atom is -0.505 e. The highest BCUT2D eigenvalue weighted by atomic mass is 19.4. The number of aliphatic carboxylic acids is 1. The van der Waals surface area contributed by atoms with E-state index in [1.165, 1.54) is 45.3 Å². The maximum absolute atomic E-state index is 15.1. The molecule has 3 rings (SSSR count). The third-order valence-electron chi connectivity index (χ3n) is 6.59. The Labute approximate surface area is 255 Å². The highest BCUT2D eigenvalue weighted by Crippen LogP contribution is 2.41. The number of anilines is 1. The lowest BCUT2D eigenvalue weighted by atomic mass is 9.84. The number of hydrogen-bond donors (Lipinski definition) is 3. The molecule has 2 aromatic carbocycles. The number of phenolic OH excluding ortho intramolecular Hbond substituents is 1. The van der Waals surface area contributed by atoms with Gasteiger partial charge in [-0.25, -0.2) is 9.18 Å². The number of hydrogen-bond acceptors (Lipinski definition) is 9. The zero-order chi connectivity index (χ0) is 34.6. The second-order valence-corrected chi connectivity index (χ2v) is 10.7. The van der Waals surface area contributed by atoms with Gasteiger partial charge in [0, 0.05) is 24.6 Å². The Balaban J connectivity index is 0.000000900. The van der Waals surface area contributed by atoms with E-state index in [4.69, 9.17) is 24.8 Å². The molecule has 1 aliphatic rings. The molecule has 0 unspecified atom stereocenters. The molecule has 0 saturated carbocycles. The second-order valence-electron chi connectivity index (χ2n) is 10.7. The molecular formula is C29H33F4N3O9. The summed E-state index contributed by atoms with van der Waals surface area (Å²) in [7, 11) is 3.86. The predicted molar refractivity (Wildman–Crippen MR) is 152 cm³/mol. The molecule has 3 N–H and O–H groups in total. The molecule has 1 amide bonds. The number of carbonyl (C=O) groups excluding carboxylic acids is 3. The summed E-state index contributed by atoms with van der Waals surface area (Å²) in [5.41, 5.74) is 0.390. The van der Waals surface area contributed by atoms with E-state index >= 15 is 4.39 Å². The Kier molecular flexibility index (Phi) is 11.1. The number of amides is 1. The molecule has 0 bridgehead atoms. The minimum absolute atomic E-state index is 0.0148. The van der Waals surface area contributed by atoms with E-state index in [1.54, 1.807) is 6.07 Å². The summed E-state index contributed by atoms with van der Waals surface area (Å²) in [6.45, 7) is 6.07. The Morgan fingerprint density at radius 2 is 1.62 bits per heavy atom. The van der Waals surface area contributed by atoms with E-state index < -0.39 is 47.6 Å². The summed E-state index contributed by atoms with van der Waals surface area (Å²) < 4.78 is 61.8. The normalized spacial score (nSPS) is 12.5. The Morgan fingerprint density at radius 3 is 2.07 bits per heavy atom. The Morgan fingerprint density at radius 1 is 1.04 bits per heavy atom. The summed E-state index contributed by atoms with van der Waals surface area (Å²) in [4.78, 5) is 49.2. The molecule has 0 aliphatic carbocycles. The van der Waals surface area contributed by atoms with Crippen LogP contribution in [0, 0.1) is 11.2 Å². The van der Waals surface area contributed by atoms with Gasteiger partial charge in [0.15, 0.2) is 23.1 Å². The fraction of sp³-hybridized carbons (Fsp3) is 0.414. The van der Waals surface area contributed by atoms with Crippen molar-refractivity contribution < 1.29 is 61.2 Å². The van der Waals surface area contributed by atoms with E-state index in [-0.39, 0.29) is 53.0 Å². The SMILES string of the molecule is COC(=O)CN(C(C)=O)c1cc(C(=O)CN2Cc3cc(OC)c(OC)c(F)c3C2=N)cc(C(C)(C)C)c1O.O=C(O)C(F)(F)F. The summed E-state index contributed by atoms with van der Waals surface area (Å²) in [5, 5.41) is 26.7. The minimum atomic E-state index is -5.08. The molecule has 0 saturated heterocycles. The number of nitrogens with zero attached hydrogens (tertiary/aromatic N) is 2. The van der Waals surface area contributed by atoms with Crippen LogP contribution in [0.1, 0.15) is 54.7 Å². The predicted octanol–water partition coefficient (Wildman–Crippen LogP) is 4.03. The number of ether oxygens (including phenoxy) is 3. The van der Waals surface area contributed by atoms with Crippen molar-refractivity contribution >= 4 is 35.2 Å². The fourth-order valence-corrected chi connectivity index (χ4v) is 4.34. The Bertz CT molecular complexity index is 1520. The van der Waals surface area contributed by atoms with Crippen molar-refractivity contribution in [1.29, 1.82) is 5.41 Å². The van der Waals surface area contributed by atoms with Crippen LogP contribution in [-0.2, 0) is 31.1 Å². The van der Waals surface area contributed by atoms with Gasteiger partial charge in [-0.15, -0.1) is 0 Å². The number of carbonyl (C=O) groups is 4. The number of alkyl halides is 3. The first-order valence-electron chi connectivity index (χ1n) is 13.0. The van der Waals surface area contributed by atoms with E-state index in [1.807, 2.05) is 20.8 Å². The molecule has 0 fully saturated rings. The van der Waals surface area contributed by atoms with Crippen molar-refractivity contribution in [3.8, 4) is 17.2 Å². The molecule has 45 heavy (non-hydrogen) atoms. The average molecular weight is 644 g/mol. The molecule has 1 heterocycles. The average Bonchev–Trinajstić information content (AvgIpc) is 3.25. The number of phenols is 1. The number of Topliss-reactive ketones (excluding diaryl/α,β-unsaturated/α-hetero) is 1. The number of carboxylic acids is 1. The van der Waals surface area contributed by atoms with Gasteiger partial charge in [0.2, 0.25) is 5.91 Å². The van der Waals surface area contributed by atoms with Gasteiger partial charge >= 0.3 is 18.1 Å². The number of rotatable bonds is 8. The molecule has 0 spiro atoms. The van der Waals surface area contributed by atoms with Crippen LogP contribution < -0.4 is 14.4 Å². The van der Waals surface area contributed by atoms with Gasteiger partial charge in [-0.3, -0.25) is 24.7 Å². The van der Waals surface area contributed by atoms with Gasteiger partial charge in [-0.2, -0.15) is 13.2 Å². The summed E-state index contributed by atoms with van der Waals surface area (Å²) in [6.07, 6.45) is -5.08. The smallest absolute Gasteiger partial charge is 0.490 e. The largest absolute Gasteiger partial charge is 0.505 e. The van der Waals surface area contributed by atoms with Crippen molar-refractivity contribution in [2.45, 2.75) is 45.8 Å². The summed E-state index contributed by atoms with van der Waals surface area (Å²) in [5.74, 6) is -5.55. The second kappa shape index (κ2) is 13.8. The lowest BCUT2D eigenvalue weighted by Gasteiger charge is -2.27. The number of amidine groups is 1. The highest BCUT2D eigenvalue weighted by Gasteiger charge is 2.38. The van der Waals surface area contributed by atoms with Crippen molar-refractivity contribution in [3.63, 3.8) is 0 Å². The van der Waals surface area contributed by atoms with Crippen molar-refractivity contribution in [2.75, 3.05) is 39.3 Å². The zero-order valence-corrected chi connectivity index (χ0v) is 25.5. The van der Waals surface area contributed by atoms with E-state index in [0.29, 0.717) is 11.1 Å². The fourth-order valence-electron chi connectivity index (χ4n) is 4.34. The van der Waals surface area contributed by atoms with Crippen LogP contribution >= 0.6 is 0 Å². The maximum Gasteiger partial charge on any atom is 0.490 e. The number of methoxy groups -OCH3 is 3. The number of ketones is 1. The van der Waals surface area contributed by atoms with Gasteiger partial charge in [-0.05, 0) is 29.2 Å². The molecule has 12 nitrogen and oxygen atoms in total. The number of halogens is 4. The number of nitrogens with one attached hydrogen (secondary N) is 1. The van der Waals surface area contributed by atoms with Crippen molar-refractivity contribution in [1.82, 2.24) is 4.90 Å².